The van der Waals surface area contributed by atoms with Gasteiger partial charge in [0.15, 0.2) is 0 Å². The SMILES string of the molecule is CC1(C)CC(NCCSc2ccccc2)CCO1. The highest BCUT2D eigenvalue weighted by atomic mass is 32.2. The van der Waals surface area contributed by atoms with Crippen molar-refractivity contribution < 1.29 is 4.74 Å². The fraction of sp³-hybridized carbons (Fsp3) is 0.600. The Hall–Kier alpha value is -0.510. The standard InChI is InChI=1S/C15H23NOS/c1-15(2)12-13(8-10-17-15)16-9-11-18-14-6-4-3-5-7-14/h3-7,13,16H,8-12H2,1-2H3. The molecule has 1 saturated heterocycles. The first-order chi connectivity index (χ1) is 8.66. The summed E-state index contributed by atoms with van der Waals surface area (Å²) in [6.45, 7) is 6.32. The second-order valence-electron chi connectivity index (χ2n) is 5.41. The Bertz CT molecular complexity index is 353. The molecule has 0 bridgehead atoms. The lowest BCUT2D eigenvalue weighted by atomic mass is 9.94. The summed E-state index contributed by atoms with van der Waals surface area (Å²) in [5.74, 6) is 1.13. The van der Waals surface area contributed by atoms with Crippen molar-refractivity contribution in [2.24, 2.45) is 0 Å². The molecular weight excluding hydrogens is 242 g/mol. The Morgan fingerprint density at radius 3 is 2.83 bits per heavy atom. The maximum absolute atomic E-state index is 5.73. The van der Waals surface area contributed by atoms with Crippen LogP contribution in [0.5, 0.6) is 0 Å². The highest BCUT2D eigenvalue weighted by Gasteiger charge is 2.28. The van der Waals surface area contributed by atoms with Gasteiger partial charge in [0, 0.05) is 29.8 Å². The zero-order valence-corrected chi connectivity index (χ0v) is 12.1. The Morgan fingerprint density at radius 2 is 2.11 bits per heavy atom. The van der Waals surface area contributed by atoms with Crippen LogP contribution in [0, 0.1) is 0 Å². The number of nitrogens with one attached hydrogen (secondary N) is 1. The van der Waals surface area contributed by atoms with Gasteiger partial charge in [0.2, 0.25) is 0 Å². The molecule has 1 fully saturated rings. The second-order valence-corrected chi connectivity index (χ2v) is 6.58. The van der Waals surface area contributed by atoms with Crippen LogP contribution in [0.25, 0.3) is 0 Å². The van der Waals surface area contributed by atoms with E-state index in [4.69, 9.17) is 4.74 Å². The van der Waals surface area contributed by atoms with Crippen LogP contribution in [0.3, 0.4) is 0 Å². The van der Waals surface area contributed by atoms with Gasteiger partial charge in [0.05, 0.1) is 5.60 Å². The van der Waals surface area contributed by atoms with Gasteiger partial charge < -0.3 is 10.1 Å². The zero-order chi connectivity index (χ0) is 12.8. The monoisotopic (exact) mass is 265 g/mol. The van der Waals surface area contributed by atoms with E-state index >= 15 is 0 Å². The fourth-order valence-electron chi connectivity index (χ4n) is 2.35. The smallest absolute Gasteiger partial charge is 0.0641 e. The lowest BCUT2D eigenvalue weighted by Gasteiger charge is -2.36. The molecule has 0 aliphatic carbocycles. The molecule has 0 radical (unpaired) electrons. The molecule has 18 heavy (non-hydrogen) atoms. The van der Waals surface area contributed by atoms with E-state index in [0.29, 0.717) is 6.04 Å². The summed E-state index contributed by atoms with van der Waals surface area (Å²) < 4.78 is 5.73. The predicted octanol–water partition coefficient (Wildman–Crippen LogP) is 3.33. The third-order valence-electron chi connectivity index (χ3n) is 3.24. The third kappa shape index (κ3) is 4.63. The summed E-state index contributed by atoms with van der Waals surface area (Å²) >= 11 is 1.92. The van der Waals surface area contributed by atoms with E-state index in [1.165, 1.54) is 4.90 Å². The summed E-state index contributed by atoms with van der Waals surface area (Å²) in [4.78, 5) is 1.35. The molecule has 1 N–H and O–H groups in total. The summed E-state index contributed by atoms with van der Waals surface area (Å²) in [5.41, 5.74) is 0.0441. The Balaban J connectivity index is 1.64. The summed E-state index contributed by atoms with van der Waals surface area (Å²) in [7, 11) is 0. The molecule has 0 amide bonds. The van der Waals surface area contributed by atoms with Gasteiger partial charge in [-0.2, -0.15) is 0 Å². The quantitative estimate of drug-likeness (QED) is 0.652. The molecule has 1 aromatic rings. The maximum atomic E-state index is 5.73. The van der Waals surface area contributed by atoms with Crippen LogP contribution in [0.1, 0.15) is 26.7 Å². The summed E-state index contributed by atoms with van der Waals surface area (Å²) in [6.07, 6.45) is 2.25. The molecule has 100 valence electrons. The average Bonchev–Trinajstić information content (AvgIpc) is 2.35. The number of hydrogen-bond donors (Lipinski definition) is 1. The zero-order valence-electron chi connectivity index (χ0n) is 11.3. The van der Waals surface area contributed by atoms with E-state index < -0.39 is 0 Å². The van der Waals surface area contributed by atoms with E-state index in [1.807, 2.05) is 11.8 Å². The van der Waals surface area contributed by atoms with Gasteiger partial charge in [-0.15, -0.1) is 11.8 Å². The highest BCUT2D eigenvalue weighted by Crippen LogP contribution is 2.24. The van der Waals surface area contributed by atoms with Crippen LogP contribution in [-0.2, 0) is 4.74 Å². The van der Waals surface area contributed by atoms with E-state index in [2.05, 4.69) is 49.5 Å². The molecule has 1 aliphatic rings. The van der Waals surface area contributed by atoms with E-state index in [0.717, 1.165) is 31.7 Å². The molecule has 1 aromatic carbocycles. The molecule has 2 rings (SSSR count). The largest absolute Gasteiger partial charge is 0.375 e. The van der Waals surface area contributed by atoms with Crippen molar-refractivity contribution in [1.29, 1.82) is 0 Å². The number of rotatable bonds is 5. The first-order valence-electron chi connectivity index (χ1n) is 6.71. The van der Waals surface area contributed by atoms with Crippen LogP contribution in [-0.4, -0.2) is 30.5 Å². The van der Waals surface area contributed by atoms with Crippen molar-refractivity contribution >= 4 is 11.8 Å². The topological polar surface area (TPSA) is 21.3 Å². The van der Waals surface area contributed by atoms with Gasteiger partial charge in [0.1, 0.15) is 0 Å². The summed E-state index contributed by atoms with van der Waals surface area (Å²) in [5, 5.41) is 3.65. The molecule has 0 saturated carbocycles. The molecule has 1 unspecified atom stereocenters. The molecule has 0 spiro atoms. The van der Waals surface area contributed by atoms with Crippen LogP contribution >= 0.6 is 11.8 Å². The van der Waals surface area contributed by atoms with Crippen molar-refractivity contribution in [2.45, 2.75) is 43.2 Å². The van der Waals surface area contributed by atoms with Crippen molar-refractivity contribution in [2.75, 3.05) is 18.9 Å². The number of hydrogen-bond acceptors (Lipinski definition) is 3. The molecule has 1 aliphatic heterocycles. The Labute approximate surface area is 114 Å². The van der Waals surface area contributed by atoms with Gasteiger partial charge >= 0.3 is 0 Å². The molecule has 1 atom stereocenters. The fourth-order valence-corrected chi connectivity index (χ4v) is 3.16. The molecule has 2 nitrogen and oxygen atoms in total. The van der Waals surface area contributed by atoms with Crippen molar-refractivity contribution in [3.63, 3.8) is 0 Å². The van der Waals surface area contributed by atoms with E-state index in [9.17, 15) is 0 Å². The van der Waals surface area contributed by atoms with Gasteiger partial charge in [-0.25, -0.2) is 0 Å². The van der Waals surface area contributed by atoms with Gasteiger partial charge in [-0.05, 0) is 38.8 Å². The van der Waals surface area contributed by atoms with Crippen LogP contribution in [0.2, 0.25) is 0 Å². The maximum Gasteiger partial charge on any atom is 0.0641 e. The summed E-state index contributed by atoms with van der Waals surface area (Å²) in [6, 6.07) is 11.2. The average molecular weight is 265 g/mol. The number of thioether (sulfide) groups is 1. The van der Waals surface area contributed by atoms with Crippen LogP contribution in [0.15, 0.2) is 35.2 Å². The Kier molecular flexibility index (Phi) is 5.10. The molecule has 3 heteroatoms. The first-order valence-corrected chi connectivity index (χ1v) is 7.69. The molecule has 1 heterocycles. The predicted molar refractivity (Wildman–Crippen MR) is 78.2 cm³/mol. The van der Waals surface area contributed by atoms with Crippen molar-refractivity contribution in [3.05, 3.63) is 30.3 Å². The minimum absolute atomic E-state index is 0.0441. The van der Waals surface area contributed by atoms with Crippen LogP contribution < -0.4 is 5.32 Å². The van der Waals surface area contributed by atoms with E-state index in [-0.39, 0.29) is 5.60 Å². The lowest BCUT2D eigenvalue weighted by molar-refractivity contribution is -0.0625. The van der Waals surface area contributed by atoms with Gasteiger partial charge in [-0.1, -0.05) is 18.2 Å². The second kappa shape index (κ2) is 6.60. The minimum atomic E-state index is 0.0441. The van der Waals surface area contributed by atoms with E-state index in [1.54, 1.807) is 0 Å². The third-order valence-corrected chi connectivity index (χ3v) is 4.26. The van der Waals surface area contributed by atoms with Crippen molar-refractivity contribution in [1.82, 2.24) is 5.32 Å². The number of benzene rings is 1. The highest BCUT2D eigenvalue weighted by molar-refractivity contribution is 7.99. The van der Waals surface area contributed by atoms with Gasteiger partial charge in [0.25, 0.3) is 0 Å². The normalized spacial score (nSPS) is 22.9. The Morgan fingerprint density at radius 1 is 1.33 bits per heavy atom. The number of ether oxygens (including phenoxy) is 1. The first kappa shape index (κ1) is 13.9. The van der Waals surface area contributed by atoms with Gasteiger partial charge in [-0.3, -0.25) is 0 Å². The lowest BCUT2D eigenvalue weighted by Crippen LogP contribution is -2.44. The van der Waals surface area contributed by atoms with Crippen molar-refractivity contribution in [3.8, 4) is 0 Å². The minimum Gasteiger partial charge on any atom is -0.375 e. The molecular formula is C15H23NOS. The van der Waals surface area contributed by atoms with Crippen LogP contribution in [0.4, 0.5) is 0 Å². The molecule has 0 aromatic heterocycles.